The number of hydrogen-bond acceptors (Lipinski definition) is 3. The van der Waals surface area contributed by atoms with Crippen molar-refractivity contribution in [2.24, 2.45) is 0 Å². The summed E-state index contributed by atoms with van der Waals surface area (Å²) in [5.74, 6) is -1.87. The van der Waals surface area contributed by atoms with E-state index in [1.54, 1.807) is 0 Å². The van der Waals surface area contributed by atoms with Gasteiger partial charge in [0.2, 0.25) is 0 Å². The molecule has 116 valence electrons. The third kappa shape index (κ3) is 3.04. The summed E-state index contributed by atoms with van der Waals surface area (Å²) in [6.07, 6.45) is 2.32. The Kier molecular flexibility index (Phi) is 4.03. The van der Waals surface area contributed by atoms with Crippen molar-refractivity contribution in [1.29, 1.82) is 0 Å². The number of amides is 1. The second kappa shape index (κ2) is 6.13. The Hall–Kier alpha value is -2.80. The summed E-state index contributed by atoms with van der Waals surface area (Å²) >= 11 is 5.96. The van der Waals surface area contributed by atoms with Gasteiger partial charge in [-0.15, -0.1) is 0 Å². The smallest absolute Gasteiger partial charge is 0.276 e. The summed E-state index contributed by atoms with van der Waals surface area (Å²) in [5.41, 5.74) is 0.290. The van der Waals surface area contributed by atoms with Gasteiger partial charge in [0, 0.05) is 6.20 Å². The van der Waals surface area contributed by atoms with E-state index < -0.39 is 17.5 Å². The lowest BCUT2D eigenvalue weighted by atomic mass is 10.1. The van der Waals surface area contributed by atoms with E-state index in [1.807, 2.05) is 0 Å². The zero-order chi connectivity index (χ0) is 16.4. The molecule has 23 heavy (non-hydrogen) atoms. The van der Waals surface area contributed by atoms with Gasteiger partial charge in [-0.25, -0.2) is 8.78 Å². The number of carbonyl (C=O) groups is 1. The first-order valence-electron chi connectivity index (χ1n) is 6.47. The van der Waals surface area contributed by atoms with Gasteiger partial charge in [0.05, 0.1) is 28.2 Å². The predicted octanol–water partition coefficient (Wildman–Crippen LogP) is 3.66. The van der Waals surface area contributed by atoms with Gasteiger partial charge in [-0.3, -0.25) is 14.9 Å². The number of carbonyl (C=O) groups excluding carboxylic acids is 1. The van der Waals surface area contributed by atoms with Crippen molar-refractivity contribution in [3.63, 3.8) is 0 Å². The SMILES string of the molecule is O=C(Nc1ccncc1F)c1cc(-c2c(F)cccc2Cl)[nH]n1. The van der Waals surface area contributed by atoms with Crippen molar-refractivity contribution in [3.8, 4) is 11.3 Å². The molecule has 2 aromatic heterocycles. The number of nitrogens with one attached hydrogen (secondary N) is 2. The van der Waals surface area contributed by atoms with Crippen molar-refractivity contribution >= 4 is 23.2 Å². The molecule has 0 saturated carbocycles. The van der Waals surface area contributed by atoms with E-state index in [0.29, 0.717) is 0 Å². The molecule has 0 radical (unpaired) electrons. The number of aromatic amines is 1. The van der Waals surface area contributed by atoms with Crippen LogP contribution in [-0.4, -0.2) is 21.1 Å². The van der Waals surface area contributed by atoms with Crippen LogP contribution < -0.4 is 5.32 Å². The fraction of sp³-hybridized carbons (Fsp3) is 0. The van der Waals surface area contributed by atoms with E-state index in [1.165, 1.54) is 36.5 Å². The summed E-state index contributed by atoms with van der Waals surface area (Å²) < 4.78 is 27.3. The summed E-state index contributed by atoms with van der Waals surface area (Å²) in [4.78, 5) is 15.7. The van der Waals surface area contributed by atoms with E-state index in [9.17, 15) is 13.6 Å². The molecular formula is C15H9ClF2N4O. The van der Waals surface area contributed by atoms with Crippen LogP contribution in [0.25, 0.3) is 11.3 Å². The molecule has 3 aromatic rings. The Labute approximate surface area is 134 Å². The van der Waals surface area contributed by atoms with Crippen LogP contribution in [0.3, 0.4) is 0 Å². The number of halogens is 3. The monoisotopic (exact) mass is 334 g/mol. The number of pyridine rings is 1. The molecule has 5 nitrogen and oxygen atoms in total. The zero-order valence-corrected chi connectivity index (χ0v) is 12.2. The minimum absolute atomic E-state index is 0.0292. The molecule has 0 aliphatic carbocycles. The lowest BCUT2D eigenvalue weighted by Crippen LogP contribution is -2.13. The molecule has 3 rings (SSSR count). The summed E-state index contributed by atoms with van der Waals surface area (Å²) in [6, 6.07) is 6.88. The first-order valence-corrected chi connectivity index (χ1v) is 6.84. The number of anilines is 1. The van der Waals surface area contributed by atoms with Crippen LogP contribution >= 0.6 is 11.6 Å². The lowest BCUT2D eigenvalue weighted by Gasteiger charge is -2.03. The van der Waals surface area contributed by atoms with Gasteiger partial charge in [0.15, 0.2) is 11.5 Å². The third-order valence-corrected chi connectivity index (χ3v) is 3.38. The third-order valence-electron chi connectivity index (χ3n) is 3.06. The molecule has 0 aliphatic heterocycles. The van der Waals surface area contributed by atoms with Crippen molar-refractivity contribution in [3.05, 3.63) is 65.1 Å². The molecule has 0 fully saturated rings. The molecule has 2 N–H and O–H groups in total. The minimum Gasteiger partial charge on any atom is -0.318 e. The fourth-order valence-electron chi connectivity index (χ4n) is 1.98. The van der Waals surface area contributed by atoms with Gasteiger partial charge in [0.25, 0.3) is 5.91 Å². The van der Waals surface area contributed by atoms with Crippen molar-refractivity contribution < 1.29 is 13.6 Å². The van der Waals surface area contributed by atoms with Gasteiger partial charge in [-0.1, -0.05) is 17.7 Å². The maximum atomic E-state index is 13.9. The summed E-state index contributed by atoms with van der Waals surface area (Å²) in [6.45, 7) is 0. The van der Waals surface area contributed by atoms with E-state index in [0.717, 1.165) is 6.20 Å². The quantitative estimate of drug-likeness (QED) is 0.768. The Bertz CT molecular complexity index is 861. The molecule has 0 aliphatic rings. The Morgan fingerprint density at radius 3 is 2.78 bits per heavy atom. The normalized spacial score (nSPS) is 10.6. The largest absolute Gasteiger partial charge is 0.318 e. The predicted molar refractivity (Wildman–Crippen MR) is 81.1 cm³/mol. The highest BCUT2D eigenvalue weighted by Gasteiger charge is 2.17. The lowest BCUT2D eigenvalue weighted by molar-refractivity contribution is 0.102. The van der Waals surface area contributed by atoms with Gasteiger partial charge >= 0.3 is 0 Å². The maximum Gasteiger partial charge on any atom is 0.276 e. The average Bonchev–Trinajstić information content (AvgIpc) is 2.99. The molecule has 1 amide bonds. The number of rotatable bonds is 3. The number of nitrogens with zero attached hydrogens (tertiary/aromatic N) is 2. The van der Waals surface area contributed by atoms with Crippen LogP contribution in [0.4, 0.5) is 14.5 Å². The Morgan fingerprint density at radius 1 is 1.22 bits per heavy atom. The average molecular weight is 335 g/mol. The van der Waals surface area contributed by atoms with E-state index >= 15 is 0 Å². The number of H-pyrrole nitrogens is 1. The zero-order valence-electron chi connectivity index (χ0n) is 11.5. The van der Waals surface area contributed by atoms with Crippen LogP contribution in [0, 0.1) is 11.6 Å². The second-order valence-corrected chi connectivity index (χ2v) is 4.98. The Balaban J connectivity index is 1.87. The van der Waals surface area contributed by atoms with Crippen LogP contribution in [0.2, 0.25) is 5.02 Å². The molecule has 0 spiro atoms. The molecule has 0 saturated heterocycles. The van der Waals surface area contributed by atoms with Crippen LogP contribution in [0.5, 0.6) is 0 Å². The first kappa shape index (κ1) is 15.1. The van der Waals surface area contributed by atoms with Crippen molar-refractivity contribution in [2.75, 3.05) is 5.32 Å². The number of benzene rings is 1. The van der Waals surface area contributed by atoms with Crippen LogP contribution in [-0.2, 0) is 0 Å². The molecule has 2 heterocycles. The van der Waals surface area contributed by atoms with Gasteiger partial charge < -0.3 is 5.32 Å². The highest BCUT2D eigenvalue weighted by Crippen LogP contribution is 2.29. The molecule has 1 aromatic carbocycles. The van der Waals surface area contributed by atoms with Crippen LogP contribution in [0.15, 0.2) is 42.7 Å². The number of aromatic nitrogens is 3. The second-order valence-electron chi connectivity index (χ2n) is 4.57. The standard InChI is InChI=1S/C15H9ClF2N4O/c16-8-2-1-3-9(17)14(8)12-6-13(22-21-12)15(23)20-11-4-5-19-7-10(11)18/h1-7H,(H,21,22)(H,19,20,23). The van der Waals surface area contributed by atoms with E-state index in [4.69, 9.17) is 11.6 Å². The highest BCUT2D eigenvalue weighted by molar-refractivity contribution is 6.33. The van der Waals surface area contributed by atoms with Crippen LogP contribution in [0.1, 0.15) is 10.5 Å². The van der Waals surface area contributed by atoms with Crippen molar-refractivity contribution in [1.82, 2.24) is 15.2 Å². The topological polar surface area (TPSA) is 70.7 Å². The van der Waals surface area contributed by atoms with Crippen molar-refractivity contribution in [2.45, 2.75) is 0 Å². The van der Waals surface area contributed by atoms with E-state index in [-0.39, 0.29) is 27.7 Å². The number of hydrogen-bond donors (Lipinski definition) is 2. The molecule has 8 heteroatoms. The Morgan fingerprint density at radius 2 is 2.04 bits per heavy atom. The highest BCUT2D eigenvalue weighted by atomic mass is 35.5. The van der Waals surface area contributed by atoms with Gasteiger partial charge in [0.1, 0.15) is 5.82 Å². The first-order chi connectivity index (χ1) is 11.1. The van der Waals surface area contributed by atoms with Gasteiger partial charge in [-0.05, 0) is 24.3 Å². The fourth-order valence-corrected chi connectivity index (χ4v) is 2.25. The molecule has 0 unspecified atom stereocenters. The van der Waals surface area contributed by atoms with Gasteiger partial charge in [-0.2, -0.15) is 5.10 Å². The summed E-state index contributed by atoms with van der Waals surface area (Å²) in [7, 11) is 0. The summed E-state index contributed by atoms with van der Waals surface area (Å²) in [5, 5.41) is 8.88. The molecular weight excluding hydrogens is 326 g/mol. The molecule has 0 atom stereocenters. The van der Waals surface area contributed by atoms with E-state index in [2.05, 4.69) is 20.5 Å². The maximum absolute atomic E-state index is 13.9. The minimum atomic E-state index is -0.672. The molecule has 0 bridgehead atoms.